The zero-order valence-electron chi connectivity index (χ0n) is 23.6. The summed E-state index contributed by atoms with van der Waals surface area (Å²) in [6, 6.07) is 9.47. The summed E-state index contributed by atoms with van der Waals surface area (Å²) in [6.07, 6.45) is 1.69. The molecule has 4 bridgehead atoms. The monoisotopic (exact) mass is 622 g/mol. The molecule has 2 amide bonds. The van der Waals surface area contributed by atoms with Crippen LogP contribution >= 0.6 is 11.8 Å². The highest BCUT2D eigenvalue weighted by atomic mass is 32.2. The summed E-state index contributed by atoms with van der Waals surface area (Å²) in [7, 11) is 1.51. The minimum atomic E-state index is -4.49. The van der Waals surface area contributed by atoms with Crippen LogP contribution in [-0.4, -0.2) is 85.2 Å². The molecule has 0 spiro atoms. The highest BCUT2D eigenvalue weighted by Gasteiger charge is 2.33. The van der Waals surface area contributed by atoms with Gasteiger partial charge >= 0.3 is 5.51 Å². The number of piperidine rings is 1. The van der Waals surface area contributed by atoms with Crippen LogP contribution < -0.4 is 26.0 Å². The molecule has 6 rings (SSSR count). The van der Waals surface area contributed by atoms with Gasteiger partial charge < -0.3 is 30.4 Å². The van der Waals surface area contributed by atoms with E-state index in [0.717, 1.165) is 0 Å². The van der Waals surface area contributed by atoms with Crippen molar-refractivity contribution in [2.24, 2.45) is 0 Å². The molecule has 2 aromatic heterocycles. The van der Waals surface area contributed by atoms with Crippen LogP contribution in [0.15, 0.2) is 47.6 Å². The van der Waals surface area contributed by atoms with Gasteiger partial charge in [0.1, 0.15) is 11.9 Å². The maximum absolute atomic E-state index is 15.3. The summed E-state index contributed by atoms with van der Waals surface area (Å²) in [5.41, 5.74) is -1.94. The van der Waals surface area contributed by atoms with Crippen LogP contribution in [-0.2, 0) is 11.2 Å². The number of anilines is 2. The largest absolute Gasteiger partial charge is 0.482 e. The van der Waals surface area contributed by atoms with Gasteiger partial charge in [-0.3, -0.25) is 14.5 Å². The Balaban J connectivity index is 1.44. The smallest absolute Gasteiger partial charge is 0.447 e. The second-order valence-corrected chi connectivity index (χ2v) is 11.6. The molecule has 0 saturated carbocycles. The fourth-order valence-corrected chi connectivity index (χ4v) is 6.18. The second kappa shape index (κ2) is 13.3. The summed E-state index contributed by atoms with van der Waals surface area (Å²) in [6.45, 7) is 1.61. The van der Waals surface area contributed by atoms with E-state index in [-0.39, 0.29) is 41.8 Å². The zero-order chi connectivity index (χ0) is 30.6. The van der Waals surface area contributed by atoms with Crippen molar-refractivity contribution in [3.05, 3.63) is 53.7 Å². The molecular formula is C29H34F4N6O3S. The van der Waals surface area contributed by atoms with Crippen molar-refractivity contribution in [3.8, 4) is 5.75 Å². The summed E-state index contributed by atoms with van der Waals surface area (Å²) < 4.78 is 63.4. The Morgan fingerprint density at radius 2 is 1.95 bits per heavy atom. The number of ether oxygens (including phenoxy) is 1. The van der Waals surface area contributed by atoms with Crippen LogP contribution in [0.1, 0.15) is 28.8 Å². The number of pyridine rings is 1. The number of hydrogen-bond acceptors (Lipinski definition) is 7. The molecule has 3 atom stereocenters. The number of carbonyl (C=O) groups is 2. The number of rotatable bonds is 2. The van der Waals surface area contributed by atoms with Gasteiger partial charge in [-0.25, -0.2) is 4.39 Å². The van der Waals surface area contributed by atoms with Gasteiger partial charge in [0.15, 0.2) is 6.61 Å². The fraction of sp³-hybridized carbons (Fsp3) is 0.448. The maximum Gasteiger partial charge on any atom is 0.447 e. The highest BCUT2D eigenvalue weighted by Crippen LogP contribution is 2.41. The second-order valence-electron chi connectivity index (χ2n) is 10.5. The lowest BCUT2D eigenvalue weighted by Gasteiger charge is -2.35. The first kappa shape index (κ1) is 30.8. The van der Waals surface area contributed by atoms with Crippen molar-refractivity contribution in [2.45, 2.75) is 42.0 Å². The van der Waals surface area contributed by atoms with Crippen LogP contribution in [0.4, 0.5) is 28.9 Å². The van der Waals surface area contributed by atoms with Gasteiger partial charge in [0.25, 0.3) is 11.8 Å². The summed E-state index contributed by atoms with van der Waals surface area (Å²) in [4.78, 5) is 26.6. The Morgan fingerprint density at radius 1 is 1.12 bits per heavy atom. The fourth-order valence-electron chi connectivity index (χ4n) is 5.41. The van der Waals surface area contributed by atoms with Crippen LogP contribution in [0.2, 0.25) is 0 Å². The lowest BCUT2D eigenvalue weighted by atomic mass is 10.0. The SMILES string of the molecule is CNC(=O)c1ccc2c(c1)OCC(=O)NCCN1CCC(Nc3cccn4c(SC(F)(F)F)c(cc34)CCCN2)C(F)C1. The number of nitrogens with zero attached hydrogens (tertiary/aromatic N) is 2. The molecule has 1 saturated heterocycles. The standard InChI is InChI=1S/C29H34F4N6O3S/c1-34-27(41)18-6-7-23-25(15-18)42-17-26(40)36-10-13-38-12-8-21(20(30)16-38)37-22-5-3-11-39-24(22)14-19(4-2-9-35-23)28(39)43-29(31,32)33/h3,5-7,11,14-15,20-21,35,37H,2,4,8-10,12-13,16-17H2,1H3,(H,34,41)(H,36,40). The number of benzene rings is 1. The Morgan fingerprint density at radius 3 is 2.72 bits per heavy atom. The lowest BCUT2D eigenvalue weighted by Crippen LogP contribution is -2.49. The lowest BCUT2D eigenvalue weighted by molar-refractivity contribution is -0.123. The number of thioether (sulfide) groups is 1. The first-order chi connectivity index (χ1) is 20.6. The number of alkyl halides is 4. The van der Waals surface area contributed by atoms with Crippen LogP contribution in [0.5, 0.6) is 5.75 Å². The summed E-state index contributed by atoms with van der Waals surface area (Å²) in [5, 5.41) is 11.9. The quantitative estimate of drug-likeness (QED) is 0.250. The first-order valence-electron chi connectivity index (χ1n) is 14.1. The van der Waals surface area contributed by atoms with Gasteiger partial charge in [-0.05, 0) is 61.2 Å². The number of hydrogen-bond donors (Lipinski definition) is 4. The summed E-state index contributed by atoms with van der Waals surface area (Å²) in [5.74, 6) is -0.386. The van der Waals surface area contributed by atoms with Crippen LogP contribution in [0, 0.1) is 0 Å². The molecule has 1 fully saturated rings. The Labute approximate surface area is 250 Å². The molecule has 232 valence electrons. The molecule has 1 aromatic carbocycles. The highest BCUT2D eigenvalue weighted by molar-refractivity contribution is 8.00. The van der Waals surface area contributed by atoms with E-state index < -0.39 is 17.7 Å². The van der Waals surface area contributed by atoms with E-state index in [4.69, 9.17) is 4.74 Å². The molecule has 14 heteroatoms. The van der Waals surface area contributed by atoms with Gasteiger partial charge in [0.05, 0.1) is 28.0 Å². The maximum atomic E-state index is 15.3. The molecule has 0 radical (unpaired) electrons. The van der Waals surface area contributed by atoms with E-state index >= 15 is 4.39 Å². The molecule has 3 aromatic rings. The van der Waals surface area contributed by atoms with E-state index in [2.05, 4.69) is 21.3 Å². The van der Waals surface area contributed by atoms with Gasteiger partial charge in [0, 0.05) is 63.3 Å². The van der Waals surface area contributed by atoms with Crippen molar-refractivity contribution in [3.63, 3.8) is 0 Å². The third-order valence-corrected chi connectivity index (χ3v) is 8.42. The zero-order valence-corrected chi connectivity index (χ0v) is 24.4. The first-order valence-corrected chi connectivity index (χ1v) is 14.9. The number of fused-ring (bicyclic) bond motifs is 10. The minimum Gasteiger partial charge on any atom is -0.482 e. The van der Waals surface area contributed by atoms with Gasteiger partial charge in [0.2, 0.25) is 0 Å². The molecule has 5 heterocycles. The predicted molar refractivity (Wildman–Crippen MR) is 158 cm³/mol. The Bertz CT molecular complexity index is 1470. The van der Waals surface area contributed by atoms with Crippen molar-refractivity contribution < 1.29 is 31.9 Å². The molecular weight excluding hydrogens is 588 g/mol. The average molecular weight is 623 g/mol. The Kier molecular flexibility index (Phi) is 9.55. The number of aromatic nitrogens is 1. The predicted octanol–water partition coefficient (Wildman–Crippen LogP) is 4.29. The summed E-state index contributed by atoms with van der Waals surface area (Å²) >= 11 is -0.161. The van der Waals surface area contributed by atoms with Crippen molar-refractivity contribution in [2.75, 3.05) is 57.0 Å². The van der Waals surface area contributed by atoms with E-state index in [1.807, 2.05) is 4.90 Å². The average Bonchev–Trinajstić information content (AvgIpc) is 3.31. The third kappa shape index (κ3) is 7.66. The number of aryl methyl sites for hydroxylation is 1. The third-order valence-electron chi connectivity index (χ3n) is 7.53. The molecule has 3 aliphatic heterocycles. The van der Waals surface area contributed by atoms with Crippen LogP contribution in [0.3, 0.4) is 0 Å². The van der Waals surface area contributed by atoms with E-state index in [1.165, 1.54) is 17.5 Å². The normalized spacial score (nSPS) is 22.0. The van der Waals surface area contributed by atoms with E-state index in [1.54, 1.807) is 36.5 Å². The molecule has 0 aliphatic carbocycles. The molecule has 43 heavy (non-hydrogen) atoms. The number of amides is 2. The Hall–Kier alpha value is -3.65. The molecule has 3 aliphatic rings. The molecule has 9 nitrogen and oxygen atoms in total. The van der Waals surface area contributed by atoms with Crippen molar-refractivity contribution >= 4 is 40.5 Å². The topological polar surface area (TPSA) is 99.1 Å². The van der Waals surface area contributed by atoms with Crippen molar-refractivity contribution in [1.82, 2.24) is 19.9 Å². The van der Waals surface area contributed by atoms with Crippen molar-refractivity contribution in [1.29, 1.82) is 0 Å². The van der Waals surface area contributed by atoms with Crippen LogP contribution in [0.25, 0.3) is 5.52 Å². The van der Waals surface area contributed by atoms with Gasteiger partial charge in [-0.1, -0.05) is 0 Å². The van der Waals surface area contributed by atoms with E-state index in [9.17, 15) is 22.8 Å². The molecule has 4 N–H and O–H groups in total. The van der Waals surface area contributed by atoms with Gasteiger partial charge in [-0.2, -0.15) is 13.2 Å². The van der Waals surface area contributed by atoms with Gasteiger partial charge in [-0.15, -0.1) is 0 Å². The molecule has 3 unspecified atom stereocenters. The van der Waals surface area contributed by atoms with E-state index in [0.29, 0.717) is 79.2 Å². The number of halogens is 4. The number of carbonyl (C=O) groups excluding carboxylic acids is 2. The minimum absolute atomic E-state index is 0.0740. The number of nitrogens with one attached hydrogen (secondary N) is 4.